The van der Waals surface area contributed by atoms with Gasteiger partial charge in [0, 0.05) is 24.5 Å². The molecular weight excluding hydrogens is 172 g/mol. The van der Waals surface area contributed by atoms with E-state index in [1.807, 2.05) is 6.07 Å². The first kappa shape index (κ1) is 9.38. The van der Waals surface area contributed by atoms with Gasteiger partial charge in [0.1, 0.15) is 0 Å². The molecule has 2 rings (SSSR count). The summed E-state index contributed by atoms with van der Waals surface area (Å²) in [5.41, 5.74) is 9.42. The van der Waals surface area contributed by atoms with E-state index < -0.39 is 0 Å². The second-order valence-corrected chi connectivity index (χ2v) is 3.93. The number of rotatable bonds is 2. The molecule has 1 heterocycles. The molecule has 76 valence electrons. The fraction of sp³-hybridized carbons (Fsp3) is 0.500. The van der Waals surface area contributed by atoms with Crippen LogP contribution in [0.15, 0.2) is 18.2 Å². The van der Waals surface area contributed by atoms with Crippen LogP contribution in [0, 0.1) is 0 Å². The lowest BCUT2D eigenvalue weighted by molar-refractivity contribution is 0.949. The highest BCUT2D eigenvalue weighted by atomic mass is 15.1. The molecule has 1 fully saturated rings. The number of nitrogens with zero attached hydrogens (tertiary/aromatic N) is 1. The minimum Gasteiger partial charge on any atom is -0.399 e. The van der Waals surface area contributed by atoms with Gasteiger partial charge in [-0.25, -0.2) is 0 Å². The van der Waals surface area contributed by atoms with E-state index in [0.29, 0.717) is 0 Å². The van der Waals surface area contributed by atoms with Crippen molar-refractivity contribution >= 4 is 11.4 Å². The summed E-state index contributed by atoms with van der Waals surface area (Å²) in [6.45, 7) is 4.56. The lowest BCUT2D eigenvalue weighted by atomic mass is 10.1. The molecule has 2 heteroatoms. The lowest BCUT2D eigenvalue weighted by Gasteiger charge is -2.18. The van der Waals surface area contributed by atoms with Gasteiger partial charge < -0.3 is 10.6 Å². The van der Waals surface area contributed by atoms with Crippen LogP contribution in [0.1, 0.15) is 25.3 Å². The Morgan fingerprint density at radius 3 is 2.64 bits per heavy atom. The van der Waals surface area contributed by atoms with Gasteiger partial charge in [-0.1, -0.05) is 6.92 Å². The Morgan fingerprint density at radius 2 is 2.00 bits per heavy atom. The van der Waals surface area contributed by atoms with E-state index in [-0.39, 0.29) is 0 Å². The van der Waals surface area contributed by atoms with Crippen LogP contribution in [0.2, 0.25) is 0 Å². The summed E-state index contributed by atoms with van der Waals surface area (Å²) >= 11 is 0. The summed E-state index contributed by atoms with van der Waals surface area (Å²) in [5.74, 6) is 0. The van der Waals surface area contributed by atoms with Crippen LogP contribution in [0.5, 0.6) is 0 Å². The largest absolute Gasteiger partial charge is 0.399 e. The molecule has 0 unspecified atom stereocenters. The topological polar surface area (TPSA) is 29.3 Å². The Hall–Kier alpha value is -1.18. The summed E-state index contributed by atoms with van der Waals surface area (Å²) in [6, 6.07) is 6.41. The fourth-order valence-electron chi connectivity index (χ4n) is 2.07. The van der Waals surface area contributed by atoms with Crippen LogP contribution < -0.4 is 10.6 Å². The number of hydrogen-bond donors (Lipinski definition) is 1. The van der Waals surface area contributed by atoms with Crippen LogP contribution in [0.4, 0.5) is 11.4 Å². The molecule has 0 aliphatic carbocycles. The Balaban J connectivity index is 2.25. The maximum absolute atomic E-state index is 5.88. The van der Waals surface area contributed by atoms with E-state index in [9.17, 15) is 0 Å². The van der Waals surface area contributed by atoms with Crippen molar-refractivity contribution in [2.45, 2.75) is 26.2 Å². The van der Waals surface area contributed by atoms with Crippen molar-refractivity contribution in [1.29, 1.82) is 0 Å². The van der Waals surface area contributed by atoms with Gasteiger partial charge in [-0.3, -0.25) is 0 Å². The Labute approximate surface area is 85.7 Å². The molecule has 2 N–H and O–H groups in total. The molecular formula is C12H18N2. The van der Waals surface area contributed by atoms with E-state index in [4.69, 9.17) is 5.73 Å². The summed E-state index contributed by atoms with van der Waals surface area (Å²) in [4.78, 5) is 2.44. The van der Waals surface area contributed by atoms with Crippen molar-refractivity contribution in [3.8, 4) is 0 Å². The Bertz CT molecular complexity index is 314. The molecule has 0 radical (unpaired) electrons. The summed E-state index contributed by atoms with van der Waals surface area (Å²) in [6.07, 6.45) is 3.67. The first-order valence-electron chi connectivity index (χ1n) is 5.44. The first-order valence-corrected chi connectivity index (χ1v) is 5.44. The van der Waals surface area contributed by atoms with E-state index in [1.165, 1.54) is 37.2 Å². The summed E-state index contributed by atoms with van der Waals surface area (Å²) < 4.78 is 0. The quantitative estimate of drug-likeness (QED) is 0.726. The molecule has 1 saturated heterocycles. The van der Waals surface area contributed by atoms with Gasteiger partial charge >= 0.3 is 0 Å². The molecule has 0 saturated carbocycles. The second-order valence-electron chi connectivity index (χ2n) is 3.93. The third-order valence-electron chi connectivity index (χ3n) is 2.98. The average molecular weight is 190 g/mol. The van der Waals surface area contributed by atoms with Crippen molar-refractivity contribution < 1.29 is 0 Å². The minimum atomic E-state index is 0.926. The van der Waals surface area contributed by atoms with Gasteiger partial charge in [-0.05, 0) is 43.0 Å². The highest BCUT2D eigenvalue weighted by Gasteiger charge is 2.12. The normalized spacial score (nSPS) is 16.2. The standard InChI is InChI=1S/C12H18N2/c1-2-10-9-11(5-6-12(10)13)14-7-3-4-8-14/h5-6,9H,2-4,7-8,13H2,1H3. The molecule has 1 aromatic carbocycles. The van der Waals surface area contributed by atoms with Crippen LogP contribution in [0.25, 0.3) is 0 Å². The Kier molecular flexibility index (Phi) is 2.62. The number of benzene rings is 1. The van der Waals surface area contributed by atoms with Crippen LogP contribution in [-0.2, 0) is 6.42 Å². The highest BCUT2D eigenvalue weighted by molar-refractivity contribution is 5.58. The fourth-order valence-corrected chi connectivity index (χ4v) is 2.07. The van der Waals surface area contributed by atoms with Gasteiger partial charge in [0.25, 0.3) is 0 Å². The number of aryl methyl sites for hydroxylation is 1. The molecule has 1 aliphatic rings. The average Bonchev–Trinajstić information content (AvgIpc) is 2.71. The predicted octanol–water partition coefficient (Wildman–Crippen LogP) is 2.43. The van der Waals surface area contributed by atoms with Crippen molar-refractivity contribution in [3.05, 3.63) is 23.8 Å². The molecule has 0 aromatic heterocycles. The van der Waals surface area contributed by atoms with Crippen molar-refractivity contribution in [2.24, 2.45) is 0 Å². The smallest absolute Gasteiger partial charge is 0.0370 e. The van der Waals surface area contributed by atoms with Gasteiger partial charge in [-0.2, -0.15) is 0 Å². The molecule has 0 bridgehead atoms. The third-order valence-corrected chi connectivity index (χ3v) is 2.98. The Morgan fingerprint density at radius 1 is 1.29 bits per heavy atom. The maximum Gasteiger partial charge on any atom is 0.0370 e. The van der Waals surface area contributed by atoms with E-state index >= 15 is 0 Å². The zero-order valence-corrected chi connectivity index (χ0v) is 8.79. The van der Waals surface area contributed by atoms with Gasteiger partial charge in [0.2, 0.25) is 0 Å². The zero-order chi connectivity index (χ0) is 9.97. The number of hydrogen-bond acceptors (Lipinski definition) is 2. The van der Waals surface area contributed by atoms with E-state index in [0.717, 1.165) is 12.1 Å². The van der Waals surface area contributed by atoms with Gasteiger partial charge in [-0.15, -0.1) is 0 Å². The molecule has 2 nitrogen and oxygen atoms in total. The first-order chi connectivity index (χ1) is 6.81. The number of anilines is 2. The second kappa shape index (κ2) is 3.91. The van der Waals surface area contributed by atoms with E-state index in [1.54, 1.807) is 0 Å². The molecule has 1 aromatic rings. The zero-order valence-electron chi connectivity index (χ0n) is 8.79. The molecule has 14 heavy (non-hydrogen) atoms. The molecule has 0 amide bonds. The maximum atomic E-state index is 5.88. The van der Waals surface area contributed by atoms with Gasteiger partial charge in [0.15, 0.2) is 0 Å². The van der Waals surface area contributed by atoms with Crippen molar-refractivity contribution in [2.75, 3.05) is 23.7 Å². The van der Waals surface area contributed by atoms with Crippen LogP contribution in [-0.4, -0.2) is 13.1 Å². The van der Waals surface area contributed by atoms with Crippen molar-refractivity contribution in [3.63, 3.8) is 0 Å². The number of nitrogen functional groups attached to an aromatic ring is 1. The predicted molar refractivity (Wildman–Crippen MR) is 61.7 cm³/mol. The summed E-state index contributed by atoms with van der Waals surface area (Å²) in [7, 11) is 0. The monoisotopic (exact) mass is 190 g/mol. The molecule has 0 spiro atoms. The minimum absolute atomic E-state index is 0.926. The lowest BCUT2D eigenvalue weighted by Crippen LogP contribution is -2.17. The number of nitrogens with two attached hydrogens (primary N) is 1. The summed E-state index contributed by atoms with van der Waals surface area (Å²) in [5, 5.41) is 0. The van der Waals surface area contributed by atoms with Gasteiger partial charge in [0.05, 0.1) is 0 Å². The highest BCUT2D eigenvalue weighted by Crippen LogP contribution is 2.24. The van der Waals surface area contributed by atoms with Crippen LogP contribution >= 0.6 is 0 Å². The van der Waals surface area contributed by atoms with Crippen LogP contribution in [0.3, 0.4) is 0 Å². The third kappa shape index (κ3) is 1.69. The van der Waals surface area contributed by atoms with E-state index in [2.05, 4.69) is 24.0 Å². The SMILES string of the molecule is CCc1cc(N2CCCC2)ccc1N. The van der Waals surface area contributed by atoms with Crippen molar-refractivity contribution in [1.82, 2.24) is 0 Å². The molecule has 1 aliphatic heterocycles. The molecule has 0 atom stereocenters.